The minimum absolute atomic E-state index is 0.234. The number of carbonyl (C=O) groups excluding carboxylic acids is 1. The van der Waals surface area contributed by atoms with Crippen LogP contribution in [0.3, 0.4) is 0 Å². The number of nitrogens with one attached hydrogen (secondary N) is 2. The van der Waals surface area contributed by atoms with E-state index in [-0.39, 0.29) is 6.03 Å². The largest absolute Gasteiger partial charge is 0.494 e. The fourth-order valence-corrected chi connectivity index (χ4v) is 2.27. The molecule has 5 nitrogen and oxygen atoms in total. The van der Waals surface area contributed by atoms with Gasteiger partial charge in [-0.1, -0.05) is 31.2 Å². The van der Waals surface area contributed by atoms with Gasteiger partial charge in [0.2, 0.25) is 0 Å². The minimum atomic E-state index is -0.234. The Labute approximate surface area is 143 Å². The molecule has 0 heterocycles. The van der Waals surface area contributed by atoms with Crippen molar-refractivity contribution in [2.75, 3.05) is 25.1 Å². The molecule has 0 unspecified atom stereocenters. The zero-order valence-electron chi connectivity index (χ0n) is 14.2. The van der Waals surface area contributed by atoms with Gasteiger partial charge in [0.1, 0.15) is 18.1 Å². The average Bonchev–Trinajstić information content (AvgIpc) is 2.60. The number of benzene rings is 2. The van der Waals surface area contributed by atoms with Crippen LogP contribution in [0.15, 0.2) is 48.5 Å². The third-order valence-corrected chi connectivity index (χ3v) is 3.42. The van der Waals surface area contributed by atoms with Crippen molar-refractivity contribution in [1.29, 1.82) is 0 Å². The first-order valence-electron chi connectivity index (χ1n) is 8.21. The Morgan fingerprint density at radius 3 is 2.50 bits per heavy atom. The highest BCUT2D eigenvalue weighted by molar-refractivity contribution is 5.90. The van der Waals surface area contributed by atoms with Crippen molar-refractivity contribution in [3.8, 4) is 11.5 Å². The molecule has 128 valence electrons. The van der Waals surface area contributed by atoms with Crippen molar-refractivity contribution < 1.29 is 14.3 Å². The number of amides is 2. The number of carbonyl (C=O) groups is 1. The van der Waals surface area contributed by atoms with Gasteiger partial charge in [-0.2, -0.15) is 0 Å². The molecule has 0 aliphatic heterocycles. The summed E-state index contributed by atoms with van der Waals surface area (Å²) in [5, 5.41) is 5.65. The molecular formula is C19H24N2O3. The van der Waals surface area contributed by atoms with Crippen LogP contribution in [0.5, 0.6) is 11.5 Å². The molecule has 0 fully saturated rings. The van der Waals surface area contributed by atoms with Crippen molar-refractivity contribution in [3.05, 3.63) is 54.1 Å². The van der Waals surface area contributed by atoms with E-state index in [0.29, 0.717) is 19.8 Å². The summed E-state index contributed by atoms with van der Waals surface area (Å²) in [6, 6.07) is 15.0. The van der Waals surface area contributed by atoms with E-state index in [9.17, 15) is 4.79 Å². The lowest BCUT2D eigenvalue weighted by Gasteiger charge is -2.12. The van der Waals surface area contributed by atoms with E-state index in [1.54, 1.807) is 0 Å². The Balaban J connectivity index is 1.74. The standard InChI is InChI=1S/C19H24N2O3/c1-3-15-8-5-6-11-18(15)21-19(22)20-12-13-24-17-10-7-9-16(14-17)23-4-2/h5-11,14H,3-4,12-13H2,1-2H3,(H2,20,21,22). The first-order valence-corrected chi connectivity index (χ1v) is 8.21. The zero-order chi connectivity index (χ0) is 17.2. The average molecular weight is 328 g/mol. The highest BCUT2D eigenvalue weighted by atomic mass is 16.5. The molecule has 2 amide bonds. The van der Waals surface area contributed by atoms with Crippen LogP contribution in [0.25, 0.3) is 0 Å². The monoisotopic (exact) mass is 328 g/mol. The lowest BCUT2D eigenvalue weighted by Crippen LogP contribution is -2.32. The van der Waals surface area contributed by atoms with Crippen LogP contribution in [0.1, 0.15) is 19.4 Å². The van der Waals surface area contributed by atoms with Gasteiger partial charge in [0.15, 0.2) is 0 Å². The molecular weight excluding hydrogens is 304 g/mol. The summed E-state index contributed by atoms with van der Waals surface area (Å²) in [5.41, 5.74) is 1.94. The number of para-hydroxylation sites is 1. The number of rotatable bonds is 8. The second-order valence-corrected chi connectivity index (χ2v) is 5.15. The molecule has 24 heavy (non-hydrogen) atoms. The van der Waals surface area contributed by atoms with Crippen LogP contribution in [0, 0.1) is 0 Å². The molecule has 2 aromatic carbocycles. The van der Waals surface area contributed by atoms with Crippen LogP contribution in [0.2, 0.25) is 0 Å². The molecule has 5 heteroatoms. The maximum absolute atomic E-state index is 11.9. The zero-order valence-corrected chi connectivity index (χ0v) is 14.2. The molecule has 0 radical (unpaired) electrons. The van der Waals surface area contributed by atoms with Gasteiger partial charge in [-0.15, -0.1) is 0 Å². The van der Waals surface area contributed by atoms with E-state index in [4.69, 9.17) is 9.47 Å². The van der Waals surface area contributed by atoms with Gasteiger partial charge in [0.05, 0.1) is 13.2 Å². The minimum Gasteiger partial charge on any atom is -0.494 e. The number of aryl methyl sites for hydroxylation is 1. The van der Waals surface area contributed by atoms with E-state index in [1.165, 1.54) is 0 Å². The number of hydrogen-bond acceptors (Lipinski definition) is 3. The second-order valence-electron chi connectivity index (χ2n) is 5.15. The van der Waals surface area contributed by atoms with Crippen molar-refractivity contribution in [3.63, 3.8) is 0 Å². The van der Waals surface area contributed by atoms with Crippen molar-refractivity contribution in [1.82, 2.24) is 5.32 Å². The summed E-state index contributed by atoms with van der Waals surface area (Å²) in [7, 11) is 0. The predicted molar refractivity (Wildman–Crippen MR) is 95.9 cm³/mol. The summed E-state index contributed by atoms with van der Waals surface area (Å²) in [4.78, 5) is 11.9. The lowest BCUT2D eigenvalue weighted by molar-refractivity contribution is 0.247. The lowest BCUT2D eigenvalue weighted by atomic mass is 10.1. The molecule has 0 spiro atoms. The quantitative estimate of drug-likeness (QED) is 0.724. The Morgan fingerprint density at radius 2 is 1.75 bits per heavy atom. The summed E-state index contributed by atoms with van der Waals surface area (Å²) < 4.78 is 11.0. The maximum atomic E-state index is 11.9. The normalized spacial score (nSPS) is 10.1. The smallest absolute Gasteiger partial charge is 0.319 e. The summed E-state index contributed by atoms with van der Waals surface area (Å²) in [5.74, 6) is 1.50. The summed E-state index contributed by atoms with van der Waals surface area (Å²) in [6.45, 7) is 5.41. The van der Waals surface area contributed by atoms with E-state index in [2.05, 4.69) is 17.6 Å². The molecule has 2 rings (SSSR count). The van der Waals surface area contributed by atoms with Gasteiger partial charge < -0.3 is 20.1 Å². The van der Waals surface area contributed by atoms with Gasteiger partial charge in [0, 0.05) is 11.8 Å². The fourth-order valence-electron chi connectivity index (χ4n) is 2.27. The molecule has 2 N–H and O–H groups in total. The molecule has 0 saturated heterocycles. The van der Waals surface area contributed by atoms with Crippen molar-refractivity contribution >= 4 is 11.7 Å². The van der Waals surface area contributed by atoms with Gasteiger partial charge in [-0.25, -0.2) is 4.79 Å². The summed E-state index contributed by atoms with van der Waals surface area (Å²) in [6.07, 6.45) is 0.871. The van der Waals surface area contributed by atoms with Crippen LogP contribution >= 0.6 is 0 Å². The van der Waals surface area contributed by atoms with Gasteiger partial charge >= 0.3 is 6.03 Å². The Kier molecular flexibility index (Phi) is 6.95. The van der Waals surface area contributed by atoms with Crippen LogP contribution in [-0.2, 0) is 6.42 Å². The SMILES string of the molecule is CCOc1cccc(OCCNC(=O)Nc2ccccc2CC)c1. The molecule has 0 saturated carbocycles. The van der Waals surface area contributed by atoms with E-state index in [1.807, 2.05) is 55.5 Å². The van der Waals surface area contributed by atoms with Crippen LogP contribution in [0.4, 0.5) is 10.5 Å². The molecule has 0 aliphatic carbocycles. The van der Waals surface area contributed by atoms with Gasteiger partial charge in [0.25, 0.3) is 0 Å². The molecule has 2 aromatic rings. The Hall–Kier alpha value is -2.69. The first-order chi connectivity index (χ1) is 11.7. The molecule has 0 aliphatic rings. The number of hydrogen-bond donors (Lipinski definition) is 2. The predicted octanol–water partition coefficient (Wildman–Crippen LogP) is 3.85. The molecule has 0 aromatic heterocycles. The molecule has 0 atom stereocenters. The Morgan fingerprint density at radius 1 is 1.00 bits per heavy atom. The maximum Gasteiger partial charge on any atom is 0.319 e. The van der Waals surface area contributed by atoms with Crippen molar-refractivity contribution in [2.24, 2.45) is 0 Å². The first kappa shape index (κ1) is 17.7. The number of ether oxygens (including phenoxy) is 2. The van der Waals surface area contributed by atoms with E-state index in [0.717, 1.165) is 29.2 Å². The van der Waals surface area contributed by atoms with E-state index >= 15 is 0 Å². The van der Waals surface area contributed by atoms with Crippen LogP contribution in [-0.4, -0.2) is 25.8 Å². The third-order valence-electron chi connectivity index (χ3n) is 3.42. The highest BCUT2D eigenvalue weighted by Crippen LogP contribution is 2.19. The van der Waals surface area contributed by atoms with Crippen molar-refractivity contribution in [2.45, 2.75) is 20.3 Å². The highest BCUT2D eigenvalue weighted by Gasteiger charge is 2.04. The van der Waals surface area contributed by atoms with Gasteiger partial charge in [-0.05, 0) is 37.1 Å². The Bertz CT molecular complexity index is 659. The summed E-state index contributed by atoms with van der Waals surface area (Å²) >= 11 is 0. The third kappa shape index (κ3) is 5.50. The number of urea groups is 1. The van der Waals surface area contributed by atoms with Gasteiger partial charge in [-0.3, -0.25) is 0 Å². The topological polar surface area (TPSA) is 59.6 Å². The number of anilines is 1. The van der Waals surface area contributed by atoms with Crippen LogP contribution < -0.4 is 20.1 Å². The van der Waals surface area contributed by atoms with E-state index < -0.39 is 0 Å². The molecule has 0 bridgehead atoms. The fraction of sp³-hybridized carbons (Fsp3) is 0.316. The second kappa shape index (κ2) is 9.45.